The number of aromatic nitrogens is 1. The van der Waals surface area contributed by atoms with Crippen LogP contribution in [-0.4, -0.2) is 101 Å². The number of carbonyl (C=O) groups is 4. The van der Waals surface area contributed by atoms with E-state index in [1.165, 1.54) is 0 Å². The maximum Gasteiger partial charge on any atom is 0.512 e. The Hall–Kier alpha value is -3.57. The zero-order valence-electron chi connectivity index (χ0n) is 25.9. The number of piperidine rings is 1. The van der Waals surface area contributed by atoms with Gasteiger partial charge in [-0.3, -0.25) is 14.4 Å². The third-order valence-corrected chi connectivity index (χ3v) is 9.93. The zero-order chi connectivity index (χ0) is 31.7. The fourth-order valence-corrected chi connectivity index (χ4v) is 7.23. The van der Waals surface area contributed by atoms with Crippen molar-refractivity contribution >= 4 is 41.2 Å². The number of benzene rings is 1. The molecule has 238 valence electrons. The topological polar surface area (TPSA) is 126 Å². The number of halogens is 1. The number of H-pyrrole nitrogens is 1. The van der Waals surface area contributed by atoms with Crippen LogP contribution in [0, 0.1) is 38.5 Å². The lowest BCUT2D eigenvalue weighted by Gasteiger charge is -2.34. The van der Waals surface area contributed by atoms with E-state index in [9.17, 15) is 19.2 Å². The number of nitrogens with one attached hydrogen (secondary N) is 1. The number of aryl methyl sites for hydroxylation is 2. The van der Waals surface area contributed by atoms with E-state index in [4.69, 9.17) is 21.4 Å². The molecule has 0 aliphatic carbocycles. The van der Waals surface area contributed by atoms with Gasteiger partial charge in [-0.2, -0.15) is 0 Å². The summed E-state index contributed by atoms with van der Waals surface area (Å²) in [6.45, 7) is 12.7. The Morgan fingerprint density at radius 1 is 1.02 bits per heavy atom. The highest BCUT2D eigenvalue weighted by Gasteiger charge is 2.42. The lowest BCUT2D eigenvalue weighted by atomic mass is 9.94. The Morgan fingerprint density at radius 3 is 2.27 bits per heavy atom. The molecule has 4 heterocycles. The van der Waals surface area contributed by atoms with Crippen LogP contribution in [0.25, 0.3) is 0 Å². The first-order valence-electron chi connectivity index (χ1n) is 15.4. The average Bonchev–Trinajstić information content (AvgIpc) is 3.63. The molecule has 44 heavy (non-hydrogen) atoms. The number of hydrogen-bond donors (Lipinski definition) is 2. The number of hydrogen-bond acceptors (Lipinski definition) is 6. The SMILES string of the molecule is CC(=O)N1CCC(C(=O)N(CCCN2CC3CN(C(=O)c4c(C)[nH]c(OC(=O)O)c4C)CC3C2)c2ccc(C)c(Cl)c2)CC1. The maximum absolute atomic E-state index is 13.8. The van der Waals surface area contributed by atoms with Gasteiger partial charge in [0.1, 0.15) is 0 Å². The second kappa shape index (κ2) is 13.2. The van der Waals surface area contributed by atoms with E-state index in [2.05, 4.69) is 9.88 Å². The van der Waals surface area contributed by atoms with E-state index in [0.717, 1.165) is 37.3 Å². The summed E-state index contributed by atoms with van der Waals surface area (Å²) in [4.78, 5) is 60.8. The van der Waals surface area contributed by atoms with Crippen molar-refractivity contribution in [2.24, 2.45) is 17.8 Å². The van der Waals surface area contributed by atoms with Crippen molar-refractivity contribution in [3.63, 3.8) is 0 Å². The third-order valence-electron chi connectivity index (χ3n) is 9.52. The van der Waals surface area contributed by atoms with Gasteiger partial charge in [0.2, 0.25) is 17.7 Å². The Balaban J connectivity index is 1.17. The van der Waals surface area contributed by atoms with E-state index < -0.39 is 6.16 Å². The largest absolute Gasteiger partial charge is 0.512 e. The monoisotopic (exact) mass is 627 g/mol. The van der Waals surface area contributed by atoms with Gasteiger partial charge < -0.3 is 34.4 Å². The van der Waals surface area contributed by atoms with Crippen LogP contribution in [0.3, 0.4) is 0 Å². The standard InChI is InChI=1S/C32H42ClN5O6/c1-19-6-7-26(14-27(19)33)38(30(40)23-8-12-36(13-9-23)22(4)39)11-5-10-35-15-24-17-37(18-25(24)16-35)31(41)28-20(2)29(34-21(28)3)44-32(42)43/h6-7,14,23-25,34H,5,8-13,15-18H2,1-4H3,(H,42,43). The number of carbonyl (C=O) groups excluding carboxylic acids is 3. The molecule has 1 aromatic carbocycles. The molecule has 0 saturated carbocycles. The number of anilines is 1. The minimum atomic E-state index is -1.42. The van der Waals surface area contributed by atoms with Crippen molar-refractivity contribution in [3.8, 4) is 5.88 Å². The highest BCUT2D eigenvalue weighted by molar-refractivity contribution is 6.31. The van der Waals surface area contributed by atoms with E-state index in [1.807, 2.05) is 39.8 Å². The molecule has 3 saturated heterocycles. The molecule has 2 N–H and O–H groups in total. The number of nitrogens with zero attached hydrogens (tertiary/aromatic N) is 4. The average molecular weight is 628 g/mol. The minimum Gasteiger partial charge on any atom is -0.449 e. The molecular weight excluding hydrogens is 586 g/mol. The quantitative estimate of drug-likeness (QED) is 0.417. The van der Waals surface area contributed by atoms with Gasteiger partial charge in [0.25, 0.3) is 5.91 Å². The molecule has 11 nitrogen and oxygen atoms in total. The molecule has 1 aromatic heterocycles. The second-order valence-electron chi connectivity index (χ2n) is 12.5. The number of carboxylic acid groups (broad SMARTS) is 1. The highest BCUT2D eigenvalue weighted by Crippen LogP contribution is 2.34. The second-order valence-corrected chi connectivity index (χ2v) is 12.9. The Labute approximate surface area is 263 Å². The predicted molar refractivity (Wildman–Crippen MR) is 166 cm³/mol. The number of likely N-dealkylation sites (tertiary alicyclic amines) is 3. The van der Waals surface area contributed by atoms with Crippen LogP contribution >= 0.6 is 11.6 Å². The van der Waals surface area contributed by atoms with Crippen molar-refractivity contribution in [1.29, 1.82) is 0 Å². The van der Waals surface area contributed by atoms with Crippen LogP contribution in [0.1, 0.15) is 53.4 Å². The summed E-state index contributed by atoms with van der Waals surface area (Å²) in [5.41, 5.74) is 3.35. The summed E-state index contributed by atoms with van der Waals surface area (Å²) >= 11 is 6.46. The van der Waals surface area contributed by atoms with Gasteiger partial charge >= 0.3 is 6.16 Å². The number of ether oxygens (including phenoxy) is 1. The lowest BCUT2D eigenvalue weighted by molar-refractivity contribution is -0.133. The molecule has 2 aromatic rings. The molecular formula is C32H42ClN5O6. The van der Waals surface area contributed by atoms with E-state index >= 15 is 0 Å². The van der Waals surface area contributed by atoms with Crippen molar-refractivity contribution in [1.82, 2.24) is 19.7 Å². The van der Waals surface area contributed by atoms with Crippen LogP contribution in [0.2, 0.25) is 5.02 Å². The van der Waals surface area contributed by atoms with Gasteiger partial charge in [-0.15, -0.1) is 0 Å². The molecule has 12 heteroatoms. The van der Waals surface area contributed by atoms with Crippen molar-refractivity contribution in [2.45, 2.75) is 47.0 Å². The van der Waals surface area contributed by atoms with Gasteiger partial charge in [0.15, 0.2) is 0 Å². The zero-order valence-corrected chi connectivity index (χ0v) is 26.7. The maximum atomic E-state index is 13.8. The number of fused-ring (bicyclic) bond motifs is 1. The molecule has 5 rings (SSSR count). The van der Waals surface area contributed by atoms with Crippen LogP contribution in [-0.2, 0) is 9.59 Å². The van der Waals surface area contributed by atoms with Gasteiger partial charge in [-0.25, -0.2) is 4.79 Å². The summed E-state index contributed by atoms with van der Waals surface area (Å²) in [7, 11) is 0. The van der Waals surface area contributed by atoms with Crippen molar-refractivity contribution in [2.75, 3.05) is 57.3 Å². The van der Waals surface area contributed by atoms with E-state index in [1.54, 1.807) is 20.8 Å². The molecule has 2 unspecified atom stereocenters. The van der Waals surface area contributed by atoms with E-state index in [0.29, 0.717) is 79.2 Å². The van der Waals surface area contributed by atoms with Gasteiger partial charge in [0, 0.05) is 80.6 Å². The molecule has 3 amide bonds. The molecule has 3 aliphatic heterocycles. The molecule has 2 atom stereocenters. The summed E-state index contributed by atoms with van der Waals surface area (Å²) in [5, 5.41) is 9.61. The lowest BCUT2D eigenvalue weighted by Crippen LogP contribution is -2.44. The highest BCUT2D eigenvalue weighted by atomic mass is 35.5. The van der Waals surface area contributed by atoms with Gasteiger partial charge in [-0.05, 0) is 76.1 Å². The number of aromatic amines is 1. The smallest absolute Gasteiger partial charge is 0.449 e. The first-order chi connectivity index (χ1) is 20.9. The predicted octanol–water partition coefficient (Wildman–Crippen LogP) is 4.34. The minimum absolute atomic E-state index is 0.0510. The van der Waals surface area contributed by atoms with Gasteiger partial charge in [-0.1, -0.05) is 17.7 Å². The van der Waals surface area contributed by atoms with Crippen molar-refractivity contribution < 1.29 is 29.0 Å². The Bertz CT molecular complexity index is 1420. The molecule has 0 radical (unpaired) electrons. The normalized spacial score (nSPS) is 20.6. The van der Waals surface area contributed by atoms with Crippen LogP contribution < -0.4 is 9.64 Å². The molecule has 0 bridgehead atoms. The van der Waals surface area contributed by atoms with E-state index in [-0.39, 0.29) is 29.5 Å². The number of amides is 3. The van der Waals surface area contributed by atoms with Crippen molar-refractivity contribution in [3.05, 3.63) is 45.6 Å². The first kappa shape index (κ1) is 31.8. The first-order valence-corrected chi connectivity index (χ1v) is 15.7. The summed E-state index contributed by atoms with van der Waals surface area (Å²) in [6.07, 6.45) is 0.707. The Morgan fingerprint density at radius 2 is 1.68 bits per heavy atom. The van der Waals surface area contributed by atoms with Gasteiger partial charge in [0.05, 0.1) is 5.56 Å². The van der Waals surface area contributed by atoms with Crippen LogP contribution in [0.4, 0.5) is 10.5 Å². The van der Waals surface area contributed by atoms with Crippen LogP contribution in [0.5, 0.6) is 5.88 Å². The third kappa shape index (κ3) is 6.73. The fraction of sp³-hybridized carbons (Fsp3) is 0.562. The summed E-state index contributed by atoms with van der Waals surface area (Å²) < 4.78 is 4.80. The fourth-order valence-electron chi connectivity index (χ4n) is 7.06. The molecule has 3 fully saturated rings. The Kier molecular flexibility index (Phi) is 9.55. The summed E-state index contributed by atoms with van der Waals surface area (Å²) in [6, 6.07) is 5.78. The number of rotatable bonds is 8. The molecule has 3 aliphatic rings. The van der Waals surface area contributed by atoms with Crippen LogP contribution in [0.15, 0.2) is 18.2 Å². The summed E-state index contributed by atoms with van der Waals surface area (Å²) in [5.74, 6) is 0.743. The molecule has 0 spiro atoms.